The molecule has 0 aromatic heterocycles. The maximum Gasteiger partial charge on any atom is 0.229 e. The quantitative estimate of drug-likeness (QED) is 0.405. The Labute approximate surface area is 191 Å². The number of allylic oxidation sites excluding steroid dienone is 2. The van der Waals surface area contributed by atoms with Crippen molar-refractivity contribution in [2.45, 2.75) is 5.92 Å². The highest BCUT2D eigenvalue weighted by Gasteiger charge is 2.43. The number of ether oxygens (including phenoxy) is 1. The lowest BCUT2D eigenvalue weighted by Gasteiger charge is -2.33. The van der Waals surface area contributed by atoms with E-state index in [1.54, 1.807) is 24.3 Å². The molecular formula is C29H21NO3. The van der Waals surface area contributed by atoms with Gasteiger partial charge in [0.1, 0.15) is 5.75 Å². The summed E-state index contributed by atoms with van der Waals surface area (Å²) in [4.78, 5) is 29.3. The summed E-state index contributed by atoms with van der Waals surface area (Å²) in [5.41, 5.74) is 4.19. The van der Waals surface area contributed by atoms with Gasteiger partial charge in [-0.2, -0.15) is 0 Å². The van der Waals surface area contributed by atoms with Gasteiger partial charge in [0.05, 0.1) is 5.57 Å². The third-order valence-electron chi connectivity index (χ3n) is 6.57. The average Bonchev–Trinajstić information content (AvgIpc) is 2.86. The number of hydrogen-bond acceptors (Lipinski definition) is 4. The second-order valence-corrected chi connectivity index (χ2v) is 8.67. The van der Waals surface area contributed by atoms with Crippen LogP contribution >= 0.6 is 0 Å². The van der Waals surface area contributed by atoms with Crippen molar-refractivity contribution in [3.63, 3.8) is 0 Å². The Bertz CT molecular complexity index is 1500. The highest BCUT2D eigenvalue weighted by molar-refractivity contribution is 6.27. The molecule has 4 aromatic rings. The molecule has 0 fully saturated rings. The second kappa shape index (κ2) is 7.17. The number of anilines is 1. The van der Waals surface area contributed by atoms with E-state index in [4.69, 9.17) is 4.74 Å². The van der Waals surface area contributed by atoms with Gasteiger partial charge >= 0.3 is 0 Å². The van der Waals surface area contributed by atoms with E-state index in [1.807, 2.05) is 73.6 Å². The van der Waals surface area contributed by atoms with Crippen molar-refractivity contribution in [1.29, 1.82) is 0 Å². The minimum atomic E-state index is -0.407. The average molecular weight is 431 g/mol. The molecule has 4 heteroatoms. The molecular weight excluding hydrogens is 410 g/mol. The molecule has 4 nitrogen and oxygen atoms in total. The SMILES string of the molecule is CN(C)c1ccc(C2C3=C(Oc4ccc5ccccc5c42)C(=O)c2ccccc2C3=O)cc1. The Morgan fingerprint density at radius 1 is 0.727 bits per heavy atom. The van der Waals surface area contributed by atoms with Gasteiger partial charge in [-0.1, -0.05) is 66.7 Å². The summed E-state index contributed by atoms with van der Waals surface area (Å²) in [6.45, 7) is 0. The normalized spacial score (nSPS) is 16.7. The van der Waals surface area contributed by atoms with Crippen LogP contribution in [0.3, 0.4) is 0 Å². The molecule has 0 spiro atoms. The van der Waals surface area contributed by atoms with Gasteiger partial charge in [0.15, 0.2) is 11.5 Å². The van der Waals surface area contributed by atoms with Crippen molar-refractivity contribution in [2.24, 2.45) is 0 Å². The second-order valence-electron chi connectivity index (χ2n) is 8.67. The molecule has 33 heavy (non-hydrogen) atoms. The van der Waals surface area contributed by atoms with E-state index in [2.05, 4.69) is 6.07 Å². The molecule has 0 amide bonds. The molecule has 6 rings (SSSR count). The molecule has 1 aliphatic heterocycles. The Kier molecular flexibility index (Phi) is 4.24. The maximum atomic E-state index is 13.8. The first-order valence-corrected chi connectivity index (χ1v) is 10.9. The van der Waals surface area contributed by atoms with Gasteiger partial charge in [0, 0.05) is 42.4 Å². The monoisotopic (exact) mass is 431 g/mol. The van der Waals surface area contributed by atoms with Crippen molar-refractivity contribution in [2.75, 3.05) is 19.0 Å². The molecule has 2 aliphatic rings. The topological polar surface area (TPSA) is 46.6 Å². The first-order valence-electron chi connectivity index (χ1n) is 10.9. The number of Topliss-reactive ketones (excluding diaryl/α,β-unsaturated/α-hetero) is 2. The zero-order valence-electron chi connectivity index (χ0n) is 18.3. The Balaban J connectivity index is 1.65. The molecule has 0 radical (unpaired) electrons. The van der Waals surface area contributed by atoms with Crippen LogP contribution in [-0.2, 0) is 0 Å². The number of ketones is 2. The van der Waals surface area contributed by atoms with Crippen molar-refractivity contribution in [3.05, 3.63) is 119 Å². The van der Waals surface area contributed by atoms with Gasteiger partial charge in [-0.05, 0) is 34.5 Å². The Hall–Kier alpha value is -4.18. The highest BCUT2D eigenvalue weighted by atomic mass is 16.5. The smallest absolute Gasteiger partial charge is 0.229 e. The summed E-state index contributed by atoms with van der Waals surface area (Å²) < 4.78 is 6.20. The zero-order chi connectivity index (χ0) is 22.7. The van der Waals surface area contributed by atoms with Crippen LogP contribution in [0.1, 0.15) is 37.8 Å². The predicted octanol–water partition coefficient (Wildman–Crippen LogP) is 5.76. The van der Waals surface area contributed by atoms with Crippen molar-refractivity contribution < 1.29 is 14.3 Å². The Morgan fingerprint density at radius 3 is 2.12 bits per heavy atom. The van der Waals surface area contributed by atoms with Crippen molar-refractivity contribution >= 4 is 28.0 Å². The van der Waals surface area contributed by atoms with E-state index < -0.39 is 5.92 Å². The standard InChI is InChI=1S/C29H21NO3/c1-30(2)19-14-11-18(12-15-19)24-25-20-8-4-3-7-17(20)13-16-23(25)33-29-26(24)27(31)21-9-5-6-10-22(21)28(29)32/h3-16,24H,1-2H3. The van der Waals surface area contributed by atoms with E-state index in [-0.39, 0.29) is 17.3 Å². The number of carbonyl (C=O) groups excluding carboxylic acids is 2. The van der Waals surface area contributed by atoms with Gasteiger partial charge in [0.25, 0.3) is 0 Å². The van der Waals surface area contributed by atoms with Gasteiger partial charge in [-0.15, -0.1) is 0 Å². The van der Waals surface area contributed by atoms with Gasteiger partial charge in [0.2, 0.25) is 5.78 Å². The summed E-state index contributed by atoms with van der Waals surface area (Å²) in [6.07, 6.45) is 0. The lowest BCUT2D eigenvalue weighted by Crippen LogP contribution is -2.31. The van der Waals surface area contributed by atoms with Gasteiger partial charge < -0.3 is 9.64 Å². The number of carbonyl (C=O) groups is 2. The number of nitrogens with zero attached hydrogens (tertiary/aromatic N) is 1. The summed E-state index contributed by atoms with van der Waals surface area (Å²) in [5, 5.41) is 2.08. The molecule has 0 bridgehead atoms. The van der Waals surface area contributed by atoms with Crippen LogP contribution in [0, 0.1) is 0 Å². The number of rotatable bonds is 2. The lowest BCUT2D eigenvalue weighted by atomic mass is 9.74. The van der Waals surface area contributed by atoms with E-state index in [0.29, 0.717) is 22.4 Å². The van der Waals surface area contributed by atoms with Crippen LogP contribution in [0.4, 0.5) is 5.69 Å². The summed E-state index contributed by atoms with van der Waals surface area (Å²) in [6, 6.07) is 27.1. The van der Waals surface area contributed by atoms with Crippen LogP contribution in [0.5, 0.6) is 5.75 Å². The molecule has 160 valence electrons. The van der Waals surface area contributed by atoms with Gasteiger partial charge in [-0.3, -0.25) is 9.59 Å². The number of benzene rings is 4. The molecule has 1 aliphatic carbocycles. The van der Waals surface area contributed by atoms with Crippen molar-refractivity contribution in [3.8, 4) is 5.75 Å². The van der Waals surface area contributed by atoms with Gasteiger partial charge in [-0.25, -0.2) is 0 Å². The molecule has 0 saturated heterocycles. The zero-order valence-corrected chi connectivity index (χ0v) is 18.3. The van der Waals surface area contributed by atoms with Crippen molar-refractivity contribution in [1.82, 2.24) is 0 Å². The first kappa shape index (κ1) is 19.5. The fraction of sp³-hybridized carbons (Fsp3) is 0.103. The molecule has 1 unspecified atom stereocenters. The van der Waals surface area contributed by atoms with E-state index in [1.165, 1.54) is 0 Å². The largest absolute Gasteiger partial charge is 0.452 e. The first-order chi connectivity index (χ1) is 16.0. The van der Waals surface area contributed by atoms with Crippen LogP contribution in [0.25, 0.3) is 10.8 Å². The molecule has 1 heterocycles. The van der Waals surface area contributed by atoms with Crippen LogP contribution in [0.15, 0.2) is 96.3 Å². The molecule has 0 N–H and O–H groups in total. The molecule has 4 aromatic carbocycles. The lowest BCUT2D eigenvalue weighted by molar-refractivity contribution is 0.0927. The fourth-order valence-corrected chi connectivity index (χ4v) is 4.95. The summed E-state index contributed by atoms with van der Waals surface area (Å²) >= 11 is 0. The van der Waals surface area contributed by atoms with E-state index >= 15 is 0 Å². The van der Waals surface area contributed by atoms with Crippen LogP contribution in [-0.4, -0.2) is 25.7 Å². The summed E-state index contributed by atoms with van der Waals surface area (Å²) in [5.74, 6) is -0.0388. The fourth-order valence-electron chi connectivity index (χ4n) is 4.95. The number of hydrogen-bond donors (Lipinski definition) is 0. The van der Waals surface area contributed by atoms with Crippen LogP contribution < -0.4 is 9.64 Å². The summed E-state index contributed by atoms with van der Waals surface area (Å²) in [7, 11) is 3.99. The Morgan fingerprint density at radius 2 is 1.39 bits per heavy atom. The van der Waals surface area contributed by atoms with E-state index in [0.717, 1.165) is 27.6 Å². The predicted molar refractivity (Wildman–Crippen MR) is 129 cm³/mol. The third-order valence-corrected chi connectivity index (χ3v) is 6.57. The number of fused-ring (bicyclic) bond motifs is 4. The van der Waals surface area contributed by atoms with E-state index in [9.17, 15) is 9.59 Å². The minimum absolute atomic E-state index is 0.142. The minimum Gasteiger partial charge on any atom is -0.452 e. The third kappa shape index (κ3) is 2.84. The molecule has 0 saturated carbocycles. The molecule has 1 atom stereocenters. The van der Waals surface area contributed by atoms with Crippen LogP contribution in [0.2, 0.25) is 0 Å². The highest BCUT2D eigenvalue weighted by Crippen LogP contribution is 2.49. The maximum absolute atomic E-state index is 13.8.